The van der Waals surface area contributed by atoms with Crippen molar-refractivity contribution in [1.29, 1.82) is 0 Å². The molecule has 1 aromatic carbocycles. The highest BCUT2D eigenvalue weighted by Crippen LogP contribution is 2.17. The van der Waals surface area contributed by atoms with Crippen molar-refractivity contribution >= 4 is 23.4 Å². The van der Waals surface area contributed by atoms with Crippen LogP contribution in [-0.2, 0) is 11.3 Å². The van der Waals surface area contributed by atoms with Crippen LogP contribution in [0.25, 0.3) is 0 Å². The van der Waals surface area contributed by atoms with Crippen LogP contribution in [0.1, 0.15) is 26.5 Å². The highest BCUT2D eigenvalue weighted by atomic mass is 16.5. The fraction of sp³-hybridized carbons (Fsp3) is 0.105. The van der Waals surface area contributed by atoms with Gasteiger partial charge in [0.05, 0.1) is 25.5 Å². The molecule has 0 aliphatic heterocycles. The van der Waals surface area contributed by atoms with Gasteiger partial charge in [0.25, 0.3) is 5.91 Å². The van der Waals surface area contributed by atoms with Crippen molar-refractivity contribution in [1.82, 2.24) is 10.3 Å². The largest absolute Gasteiger partial charge is 0.467 e. The lowest BCUT2D eigenvalue weighted by Crippen LogP contribution is -2.22. The minimum absolute atomic E-state index is 0.229. The van der Waals surface area contributed by atoms with E-state index in [1.807, 2.05) is 0 Å². The lowest BCUT2D eigenvalue weighted by atomic mass is 10.2. The van der Waals surface area contributed by atoms with Crippen LogP contribution in [0.5, 0.6) is 0 Å². The Morgan fingerprint density at radius 3 is 2.62 bits per heavy atom. The lowest BCUT2D eigenvalue weighted by molar-refractivity contribution is 0.0600. The van der Waals surface area contributed by atoms with Gasteiger partial charge in [0.2, 0.25) is 0 Å². The number of hydrogen-bond acceptors (Lipinski definition) is 6. The van der Waals surface area contributed by atoms with Crippen molar-refractivity contribution in [2.75, 3.05) is 12.4 Å². The third-order valence-electron chi connectivity index (χ3n) is 3.60. The van der Waals surface area contributed by atoms with E-state index in [4.69, 9.17) is 4.42 Å². The zero-order valence-corrected chi connectivity index (χ0v) is 14.1. The van der Waals surface area contributed by atoms with Gasteiger partial charge >= 0.3 is 5.97 Å². The maximum atomic E-state index is 12.2. The van der Waals surface area contributed by atoms with Crippen LogP contribution in [0, 0.1) is 0 Å². The molecule has 7 nitrogen and oxygen atoms in total. The number of rotatable bonds is 6. The summed E-state index contributed by atoms with van der Waals surface area (Å²) >= 11 is 0. The van der Waals surface area contributed by atoms with E-state index in [2.05, 4.69) is 20.4 Å². The molecule has 3 rings (SSSR count). The van der Waals surface area contributed by atoms with Gasteiger partial charge in [-0.15, -0.1) is 0 Å². The third kappa shape index (κ3) is 4.27. The Labute approximate surface area is 150 Å². The highest BCUT2D eigenvalue weighted by Gasteiger charge is 2.09. The molecule has 0 radical (unpaired) electrons. The molecule has 0 bridgehead atoms. The summed E-state index contributed by atoms with van der Waals surface area (Å²) in [6, 6.07) is 13.6. The Morgan fingerprint density at radius 2 is 1.92 bits per heavy atom. The van der Waals surface area contributed by atoms with E-state index < -0.39 is 5.97 Å². The Bertz CT molecular complexity index is 889. The Hall–Kier alpha value is -3.61. The number of nitrogens with zero attached hydrogens (tertiary/aromatic N) is 1. The first-order chi connectivity index (χ1) is 12.7. The van der Waals surface area contributed by atoms with Gasteiger partial charge in [0, 0.05) is 17.4 Å². The first-order valence-corrected chi connectivity index (χ1v) is 7.88. The van der Waals surface area contributed by atoms with Gasteiger partial charge in [-0.05, 0) is 48.5 Å². The Kier molecular flexibility index (Phi) is 5.28. The van der Waals surface area contributed by atoms with Crippen molar-refractivity contribution in [2.45, 2.75) is 6.54 Å². The number of aromatic nitrogens is 1. The smallest absolute Gasteiger partial charge is 0.337 e. The molecular weight excluding hydrogens is 334 g/mol. The van der Waals surface area contributed by atoms with Crippen LogP contribution in [0.4, 0.5) is 11.5 Å². The van der Waals surface area contributed by atoms with Crippen LogP contribution < -0.4 is 10.6 Å². The molecule has 0 fully saturated rings. The number of carbonyl (C=O) groups excluding carboxylic acids is 2. The molecule has 0 aliphatic rings. The number of ether oxygens (including phenoxy) is 1. The summed E-state index contributed by atoms with van der Waals surface area (Å²) in [6.45, 7) is 0.311. The summed E-state index contributed by atoms with van der Waals surface area (Å²) in [6.07, 6.45) is 3.11. The van der Waals surface area contributed by atoms with Gasteiger partial charge < -0.3 is 19.8 Å². The van der Waals surface area contributed by atoms with E-state index >= 15 is 0 Å². The molecule has 3 aromatic rings. The minimum atomic E-state index is -0.398. The first-order valence-electron chi connectivity index (χ1n) is 7.88. The van der Waals surface area contributed by atoms with Crippen molar-refractivity contribution in [3.05, 3.63) is 77.9 Å². The lowest BCUT2D eigenvalue weighted by Gasteiger charge is -2.08. The number of anilines is 2. The molecule has 0 aliphatic carbocycles. The minimum Gasteiger partial charge on any atom is -0.467 e. The summed E-state index contributed by atoms with van der Waals surface area (Å²) in [5.41, 5.74) is 1.66. The van der Waals surface area contributed by atoms with Gasteiger partial charge in [0.15, 0.2) is 0 Å². The maximum Gasteiger partial charge on any atom is 0.337 e. The molecule has 2 aromatic heterocycles. The third-order valence-corrected chi connectivity index (χ3v) is 3.60. The SMILES string of the molecule is COC(=O)c1ccc(Nc2cc(C(=O)NCc3ccco3)ccn2)cc1. The summed E-state index contributed by atoms with van der Waals surface area (Å²) in [4.78, 5) is 27.9. The second-order valence-corrected chi connectivity index (χ2v) is 5.39. The molecular formula is C19H17N3O4. The molecule has 0 spiro atoms. The molecule has 0 saturated heterocycles. The van der Waals surface area contributed by atoms with Gasteiger partial charge in [-0.1, -0.05) is 0 Å². The zero-order chi connectivity index (χ0) is 18.4. The van der Waals surface area contributed by atoms with Crippen molar-refractivity contribution < 1.29 is 18.7 Å². The topological polar surface area (TPSA) is 93.5 Å². The van der Waals surface area contributed by atoms with E-state index in [-0.39, 0.29) is 5.91 Å². The molecule has 1 amide bonds. The Balaban J connectivity index is 1.65. The van der Waals surface area contributed by atoms with E-state index in [1.54, 1.807) is 61.0 Å². The average Bonchev–Trinajstić information content (AvgIpc) is 3.20. The van der Waals surface area contributed by atoms with E-state index in [1.165, 1.54) is 7.11 Å². The van der Waals surface area contributed by atoms with E-state index in [0.717, 1.165) is 5.69 Å². The van der Waals surface area contributed by atoms with Crippen molar-refractivity contribution in [3.8, 4) is 0 Å². The maximum absolute atomic E-state index is 12.2. The molecule has 0 unspecified atom stereocenters. The summed E-state index contributed by atoms with van der Waals surface area (Å²) in [7, 11) is 1.33. The number of esters is 1. The molecule has 26 heavy (non-hydrogen) atoms. The highest BCUT2D eigenvalue weighted by molar-refractivity contribution is 5.95. The number of nitrogens with one attached hydrogen (secondary N) is 2. The molecule has 0 saturated carbocycles. The van der Waals surface area contributed by atoms with Gasteiger partial charge in [-0.2, -0.15) is 0 Å². The molecule has 0 atom stereocenters. The zero-order valence-electron chi connectivity index (χ0n) is 14.1. The summed E-state index contributed by atoms with van der Waals surface area (Å²) in [5.74, 6) is 0.565. The summed E-state index contributed by atoms with van der Waals surface area (Å²) < 4.78 is 9.85. The number of carbonyl (C=O) groups is 2. The number of methoxy groups -OCH3 is 1. The number of amides is 1. The fourth-order valence-electron chi connectivity index (χ4n) is 2.28. The van der Waals surface area contributed by atoms with Crippen molar-refractivity contribution in [3.63, 3.8) is 0 Å². The van der Waals surface area contributed by atoms with Crippen LogP contribution in [-0.4, -0.2) is 24.0 Å². The molecule has 132 valence electrons. The second-order valence-electron chi connectivity index (χ2n) is 5.39. The van der Waals surface area contributed by atoms with Crippen LogP contribution in [0.3, 0.4) is 0 Å². The molecule has 2 heterocycles. The van der Waals surface area contributed by atoms with Gasteiger partial charge in [-0.3, -0.25) is 4.79 Å². The fourth-order valence-corrected chi connectivity index (χ4v) is 2.28. The average molecular weight is 351 g/mol. The number of pyridine rings is 1. The van der Waals surface area contributed by atoms with Gasteiger partial charge in [-0.25, -0.2) is 9.78 Å². The Morgan fingerprint density at radius 1 is 1.12 bits per heavy atom. The molecule has 7 heteroatoms. The standard InChI is InChI=1S/C19H17N3O4/c1-25-19(24)13-4-6-15(7-5-13)22-17-11-14(8-9-20-17)18(23)21-12-16-3-2-10-26-16/h2-11H,12H2,1H3,(H,20,22)(H,21,23). The van der Waals surface area contributed by atoms with Crippen molar-refractivity contribution in [2.24, 2.45) is 0 Å². The normalized spacial score (nSPS) is 10.2. The van der Waals surface area contributed by atoms with Crippen LogP contribution in [0.15, 0.2) is 65.4 Å². The van der Waals surface area contributed by atoms with Gasteiger partial charge in [0.1, 0.15) is 11.6 Å². The summed E-state index contributed by atoms with van der Waals surface area (Å²) in [5, 5.41) is 5.87. The second kappa shape index (κ2) is 7.98. The number of furan rings is 1. The predicted molar refractivity (Wildman–Crippen MR) is 95.2 cm³/mol. The van der Waals surface area contributed by atoms with E-state index in [9.17, 15) is 9.59 Å². The number of hydrogen-bond donors (Lipinski definition) is 2. The van der Waals surface area contributed by atoms with E-state index in [0.29, 0.717) is 29.2 Å². The first kappa shape index (κ1) is 17.2. The monoisotopic (exact) mass is 351 g/mol. The predicted octanol–water partition coefficient (Wildman–Crippen LogP) is 3.13. The van der Waals surface area contributed by atoms with Crippen LogP contribution in [0.2, 0.25) is 0 Å². The number of benzene rings is 1. The van der Waals surface area contributed by atoms with Crippen LogP contribution >= 0.6 is 0 Å². The molecule has 2 N–H and O–H groups in total. The quantitative estimate of drug-likeness (QED) is 0.663.